The van der Waals surface area contributed by atoms with Gasteiger partial charge in [0.05, 0.1) is 11.4 Å². The summed E-state index contributed by atoms with van der Waals surface area (Å²) in [5.41, 5.74) is 1.76. The molecule has 1 aliphatic heterocycles. The van der Waals surface area contributed by atoms with Crippen LogP contribution in [-0.2, 0) is 0 Å². The van der Waals surface area contributed by atoms with E-state index in [9.17, 15) is 4.79 Å². The van der Waals surface area contributed by atoms with E-state index in [2.05, 4.69) is 20.9 Å². The molecule has 0 unspecified atom stereocenters. The van der Waals surface area contributed by atoms with Gasteiger partial charge in [-0.25, -0.2) is 4.68 Å². The molecule has 1 amide bonds. The fourth-order valence-electron chi connectivity index (χ4n) is 2.70. The molecule has 0 bridgehead atoms. The average Bonchev–Trinajstić information content (AvgIpc) is 3.01. The van der Waals surface area contributed by atoms with Gasteiger partial charge in [-0.15, -0.1) is 5.10 Å². The first-order valence-electron chi connectivity index (χ1n) is 8.44. The third-order valence-electron chi connectivity index (χ3n) is 4.00. The van der Waals surface area contributed by atoms with Gasteiger partial charge in [0.1, 0.15) is 13.2 Å². The number of nitrogens with zero attached hydrogens (tertiary/aromatic N) is 3. The Morgan fingerprint density at radius 2 is 2.08 bits per heavy atom. The lowest BCUT2D eigenvalue weighted by Gasteiger charge is -2.18. The van der Waals surface area contributed by atoms with Gasteiger partial charge in [0.15, 0.2) is 17.2 Å². The van der Waals surface area contributed by atoms with Gasteiger partial charge < -0.3 is 20.1 Å². The molecule has 0 fully saturated rings. The number of fused-ring (bicyclic) bond motifs is 1. The molecule has 0 aliphatic carbocycles. The molecule has 134 valence electrons. The summed E-state index contributed by atoms with van der Waals surface area (Å²) in [6, 6.07) is 5.74. The van der Waals surface area contributed by atoms with Gasteiger partial charge in [-0.3, -0.25) is 4.79 Å². The second kappa shape index (κ2) is 7.52. The predicted molar refractivity (Wildman–Crippen MR) is 92.6 cm³/mol. The summed E-state index contributed by atoms with van der Waals surface area (Å²) >= 11 is 0. The minimum absolute atomic E-state index is 0.196. The molecule has 8 nitrogen and oxygen atoms in total. The van der Waals surface area contributed by atoms with Crippen LogP contribution in [0.1, 0.15) is 30.0 Å². The molecule has 0 saturated heterocycles. The summed E-state index contributed by atoms with van der Waals surface area (Å²) in [6.07, 6.45) is 0. The number of amides is 1. The first-order chi connectivity index (χ1) is 12.1. The highest BCUT2D eigenvalue weighted by Crippen LogP contribution is 2.32. The van der Waals surface area contributed by atoms with Crippen LogP contribution < -0.4 is 20.1 Å². The number of aromatic nitrogens is 3. The molecule has 2 aromatic rings. The van der Waals surface area contributed by atoms with Gasteiger partial charge in [0.2, 0.25) is 0 Å². The third-order valence-corrected chi connectivity index (χ3v) is 4.00. The van der Waals surface area contributed by atoms with Crippen molar-refractivity contribution in [1.29, 1.82) is 0 Å². The Balaban J connectivity index is 1.76. The number of carbonyl (C=O) groups excluding carboxylic acids is 1. The van der Waals surface area contributed by atoms with Crippen molar-refractivity contribution in [3.05, 3.63) is 29.6 Å². The second-order valence-electron chi connectivity index (χ2n) is 5.93. The maximum Gasteiger partial charge on any atom is 0.273 e. The topological polar surface area (TPSA) is 90.3 Å². The van der Waals surface area contributed by atoms with Crippen LogP contribution in [0.15, 0.2) is 18.2 Å². The van der Waals surface area contributed by atoms with Gasteiger partial charge >= 0.3 is 0 Å². The maximum atomic E-state index is 12.4. The summed E-state index contributed by atoms with van der Waals surface area (Å²) in [4.78, 5) is 12.4. The summed E-state index contributed by atoms with van der Waals surface area (Å²) < 4.78 is 12.7. The van der Waals surface area contributed by atoms with Gasteiger partial charge in [0, 0.05) is 18.7 Å². The van der Waals surface area contributed by atoms with E-state index in [-0.39, 0.29) is 11.9 Å². The van der Waals surface area contributed by atoms with Crippen molar-refractivity contribution in [1.82, 2.24) is 25.6 Å². The molecule has 3 rings (SSSR count). The van der Waals surface area contributed by atoms with Crippen LogP contribution in [0.25, 0.3) is 5.69 Å². The molecule has 1 atom stereocenters. The molecule has 2 N–H and O–H groups in total. The fourth-order valence-corrected chi connectivity index (χ4v) is 2.70. The first kappa shape index (κ1) is 17.2. The largest absolute Gasteiger partial charge is 0.486 e. The monoisotopic (exact) mass is 345 g/mol. The van der Waals surface area contributed by atoms with Gasteiger partial charge in [-0.1, -0.05) is 12.1 Å². The SMILES string of the molecule is CCN[C@H](C)CNC(=O)c1nnn(-c2ccc3c(c2)OCCO3)c1C. The number of likely N-dealkylation sites (N-methyl/N-ethyl adjacent to an activating group) is 1. The summed E-state index contributed by atoms with van der Waals surface area (Å²) in [7, 11) is 0. The molecule has 25 heavy (non-hydrogen) atoms. The Morgan fingerprint density at radius 3 is 2.84 bits per heavy atom. The van der Waals surface area contributed by atoms with Crippen LogP contribution >= 0.6 is 0 Å². The average molecular weight is 345 g/mol. The molecule has 2 heterocycles. The smallest absolute Gasteiger partial charge is 0.273 e. The number of nitrogens with one attached hydrogen (secondary N) is 2. The van der Waals surface area contributed by atoms with E-state index < -0.39 is 0 Å². The second-order valence-corrected chi connectivity index (χ2v) is 5.93. The standard InChI is InChI=1S/C17H23N5O3/c1-4-18-11(2)10-19-17(23)16-12(3)22(21-20-16)13-5-6-14-15(9-13)25-8-7-24-14/h5-6,9,11,18H,4,7-8,10H2,1-3H3,(H,19,23)/t11-/m1/s1. The van der Waals surface area contributed by atoms with E-state index >= 15 is 0 Å². The van der Waals surface area contributed by atoms with Crippen LogP contribution in [0.5, 0.6) is 11.5 Å². The van der Waals surface area contributed by atoms with Crippen molar-refractivity contribution in [3.63, 3.8) is 0 Å². The van der Waals surface area contributed by atoms with Crippen LogP contribution in [0, 0.1) is 6.92 Å². The quantitative estimate of drug-likeness (QED) is 0.814. The van der Waals surface area contributed by atoms with E-state index in [1.165, 1.54) is 0 Å². The van der Waals surface area contributed by atoms with Crippen molar-refractivity contribution in [2.75, 3.05) is 26.3 Å². The van der Waals surface area contributed by atoms with Crippen molar-refractivity contribution in [2.45, 2.75) is 26.8 Å². The number of hydrogen-bond acceptors (Lipinski definition) is 6. The van der Waals surface area contributed by atoms with Crippen molar-refractivity contribution >= 4 is 5.91 Å². The maximum absolute atomic E-state index is 12.4. The number of rotatable bonds is 6. The lowest BCUT2D eigenvalue weighted by atomic mass is 10.2. The Kier molecular flexibility index (Phi) is 5.18. The van der Waals surface area contributed by atoms with E-state index in [0.29, 0.717) is 42.6 Å². The highest BCUT2D eigenvalue weighted by atomic mass is 16.6. The van der Waals surface area contributed by atoms with Gasteiger partial charge in [0.25, 0.3) is 5.91 Å². The fraction of sp³-hybridized carbons (Fsp3) is 0.471. The molecule has 1 aromatic heterocycles. The van der Waals surface area contributed by atoms with E-state index in [4.69, 9.17) is 9.47 Å². The van der Waals surface area contributed by atoms with Crippen LogP contribution in [-0.4, -0.2) is 53.2 Å². The number of benzene rings is 1. The molecule has 8 heteroatoms. The van der Waals surface area contributed by atoms with Crippen LogP contribution in [0.3, 0.4) is 0 Å². The summed E-state index contributed by atoms with van der Waals surface area (Å²) in [5.74, 6) is 1.15. The Morgan fingerprint density at radius 1 is 1.32 bits per heavy atom. The van der Waals surface area contributed by atoms with Gasteiger partial charge in [-0.05, 0) is 32.5 Å². The van der Waals surface area contributed by atoms with Crippen LogP contribution in [0.4, 0.5) is 0 Å². The zero-order valence-corrected chi connectivity index (χ0v) is 14.7. The first-order valence-corrected chi connectivity index (χ1v) is 8.44. The molecule has 0 saturated carbocycles. The third kappa shape index (κ3) is 3.74. The zero-order chi connectivity index (χ0) is 17.8. The lowest BCUT2D eigenvalue weighted by Crippen LogP contribution is -2.39. The van der Waals surface area contributed by atoms with Crippen molar-refractivity contribution < 1.29 is 14.3 Å². The molecular weight excluding hydrogens is 322 g/mol. The van der Waals surface area contributed by atoms with E-state index in [1.807, 2.05) is 39.0 Å². The number of ether oxygens (including phenoxy) is 2. The van der Waals surface area contributed by atoms with Crippen molar-refractivity contribution in [2.24, 2.45) is 0 Å². The molecule has 0 spiro atoms. The molecular formula is C17H23N5O3. The number of carbonyl (C=O) groups is 1. The Labute approximate surface area is 146 Å². The zero-order valence-electron chi connectivity index (χ0n) is 14.7. The molecule has 0 radical (unpaired) electrons. The lowest BCUT2D eigenvalue weighted by molar-refractivity contribution is 0.0944. The Bertz CT molecular complexity index is 759. The highest BCUT2D eigenvalue weighted by molar-refractivity contribution is 5.93. The normalized spacial score (nSPS) is 14.2. The van der Waals surface area contributed by atoms with E-state index in [1.54, 1.807) is 4.68 Å². The minimum atomic E-state index is -0.231. The summed E-state index contributed by atoms with van der Waals surface area (Å²) in [5, 5.41) is 14.3. The Hall–Kier alpha value is -2.61. The molecule has 1 aromatic carbocycles. The minimum Gasteiger partial charge on any atom is -0.486 e. The van der Waals surface area contributed by atoms with E-state index in [0.717, 1.165) is 12.2 Å². The number of hydrogen-bond donors (Lipinski definition) is 2. The van der Waals surface area contributed by atoms with Gasteiger partial charge in [-0.2, -0.15) is 0 Å². The highest BCUT2D eigenvalue weighted by Gasteiger charge is 2.19. The van der Waals surface area contributed by atoms with Crippen molar-refractivity contribution in [3.8, 4) is 17.2 Å². The van der Waals surface area contributed by atoms with Crippen LogP contribution in [0.2, 0.25) is 0 Å². The predicted octanol–water partition coefficient (Wildman–Crippen LogP) is 1.07. The molecule has 1 aliphatic rings. The summed E-state index contributed by atoms with van der Waals surface area (Å²) in [6.45, 7) is 8.32.